The van der Waals surface area contributed by atoms with Gasteiger partial charge in [0.05, 0.1) is 32.1 Å². The van der Waals surface area contributed by atoms with Crippen LogP contribution in [-0.2, 0) is 11.3 Å². The van der Waals surface area contributed by atoms with Crippen LogP contribution in [0.2, 0.25) is 0 Å². The summed E-state index contributed by atoms with van der Waals surface area (Å²) in [5, 5.41) is 6.77. The molecule has 30 heavy (non-hydrogen) atoms. The molecule has 0 spiro atoms. The molecular weight excluding hydrogens is 380 g/mol. The predicted molar refractivity (Wildman–Crippen MR) is 119 cm³/mol. The Morgan fingerprint density at radius 3 is 2.83 bits per heavy atom. The highest BCUT2D eigenvalue weighted by molar-refractivity contribution is 5.79. The molecule has 1 aromatic heterocycles. The molecule has 1 saturated heterocycles. The Balaban J connectivity index is 1.68. The molecule has 1 aromatic carbocycles. The van der Waals surface area contributed by atoms with Crippen LogP contribution in [0.5, 0.6) is 5.75 Å². The number of furan rings is 1. The van der Waals surface area contributed by atoms with E-state index in [1.54, 1.807) is 6.26 Å². The molecule has 2 unspecified atom stereocenters. The Labute approximate surface area is 179 Å². The van der Waals surface area contributed by atoms with Crippen LogP contribution in [0, 0.1) is 6.92 Å². The number of aliphatic imine (C=N–C) groups is 1. The standard InChI is InChI=1S/C23H34N4O3/c1-5-24-23(26-15-20(27(3)4)21-7-6-11-29-21)25-14-18-9-8-17(2)13-22(18)30-19-10-12-28-16-19/h6-9,11,13,19-20H,5,10,12,14-16H2,1-4H3,(H2,24,25,26). The molecule has 0 saturated carbocycles. The maximum absolute atomic E-state index is 6.20. The van der Waals surface area contributed by atoms with Gasteiger partial charge in [-0.15, -0.1) is 0 Å². The van der Waals surface area contributed by atoms with Crippen molar-refractivity contribution in [3.05, 3.63) is 53.5 Å². The van der Waals surface area contributed by atoms with Crippen molar-refractivity contribution < 1.29 is 13.9 Å². The summed E-state index contributed by atoms with van der Waals surface area (Å²) in [6.45, 7) is 7.56. The lowest BCUT2D eigenvalue weighted by atomic mass is 10.1. The van der Waals surface area contributed by atoms with E-state index in [9.17, 15) is 0 Å². The Kier molecular flexibility index (Phi) is 8.16. The zero-order valence-electron chi connectivity index (χ0n) is 18.5. The van der Waals surface area contributed by atoms with Crippen LogP contribution >= 0.6 is 0 Å². The van der Waals surface area contributed by atoms with Crippen molar-refractivity contribution in [3.63, 3.8) is 0 Å². The van der Waals surface area contributed by atoms with Crippen LogP contribution in [0.1, 0.15) is 36.3 Å². The fourth-order valence-electron chi connectivity index (χ4n) is 3.41. The molecule has 2 aromatic rings. The lowest BCUT2D eigenvalue weighted by Crippen LogP contribution is -2.41. The van der Waals surface area contributed by atoms with E-state index in [4.69, 9.17) is 18.9 Å². The largest absolute Gasteiger partial charge is 0.488 e. The van der Waals surface area contributed by atoms with Crippen molar-refractivity contribution in [2.75, 3.05) is 40.4 Å². The van der Waals surface area contributed by atoms with E-state index < -0.39 is 0 Å². The van der Waals surface area contributed by atoms with Gasteiger partial charge in [0.2, 0.25) is 0 Å². The first-order chi connectivity index (χ1) is 14.6. The molecule has 1 fully saturated rings. The Morgan fingerprint density at radius 2 is 2.17 bits per heavy atom. The van der Waals surface area contributed by atoms with Crippen LogP contribution in [-0.4, -0.2) is 57.4 Å². The fourth-order valence-corrected chi connectivity index (χ4v) is 3.41. The van der Waals surface area contributed by atoms with Crippen LogP contribution < -0.4 is 15.4 Å². The Morgan fingerprint density at radius 1 is 1.30 bits per heavy atom. The summed E-state index contributed by atoms with van der Waals surface area (Å²) < 4.78 is 17.3. The maximum atomic E-state index is 6.20. The lowest BCUT2D eigenvalue weighted by molar-refractivity contribution is 0.140. The van der Waals surface area contributed by atoms with Gasteiger partial charge in [-0.1, -0.05) is 12.1 Å². The van der Waals surface area contributed by atoms with Gasteiger partial charge in [0.15, 0.2) is 5.96 Å². The van der Waals surface area contributed by atoms with Crippen molar-refractivity contribution in [2.24, 2.45) is 4.99 Å². The third-order valence-corrected chi connectivity index (χ3v) is 5.11. The first kappa shape index (κ1) is 22.2. The molecule has 164 valence electrons. The smallest absolute Gasteiger partial charge is 0.191 e. The second kappa shape index (κ2) is 11.0. The molecule has 1 aliphatic rings. The van der Waals surface area contributed by atoms with Crippen LogP contribution in [0.4, 0.5) is 0 Å². The summed E-state index contributed by atoms with van der Waals surface area (Å²) >= 11 is 0. The summed E-state index contributed by atoms with van der Waals surface area (Å²) in [4.78, 5) is 6.93. The number of benzene rings is 1. The number of rotatable bonds is 9. The van der Waals surface area contributed by atoms with Gasteiger partial charge in [-0.25, -0.2) is 4.99 Å². The van der Waals surface area contributed by atoms with Crippen molar-refractivity contribution in [2.45, 2.75) is 39.0 Å². The Hall–Kier alpha value is -2.51. The molecule has 7 nitrogen and oxygen atoms in total. The first-order valence-corrected chi connectivity index (χ1v) is 10.6. The van der Waals surface area contributed by atoms with Gasteiger partial charge in [0.1, 0.15) is 17.6 Å². The van der Waals surface area contributed by atoms with Crippen LogP contribution in [0.3, 0.4) is 0 Å². The number of hydrogen-bond acceptors (Lipinski definition) is 5. The molecule has 0 amide bonds. The molecule has 0 aliphatic carbocycles. The molecule has 2 heterocycles. The summed E-state index contributed by atoms with van der Waals surface area (Å²) in [5.41, 5.74) is 2.24. The van der Waals surface area contributed by atoms with E-state index >= 15 is 0 Å². The molecule has 3 rings (SSSR count). The normalized spacial score (nSPS) is 17.9. The van der Waals surface area contributed by atoms with Gasteiger partial charge in [-0.05, 0) is 51.7 Å². The van der Waals surface area contributed by atoms with E-state index in [2.05, 4.69) is 47.6 Å². The molecule has 0 radical (unpaired) electrons. The third-order valence-electron chi connectivity index (χ3n) is 5.11. The van der Waals surface area contributed by atoms with E-state index in [-0.39, 0.29) is 12.1 Å². The lowest BCUT2D eigenvalue weighted by Gasteiger charge is -2.23. The minimum absolute atomic E-state index is 0.115. The van der Waals surface area contributed by atoms with Crippen LogP contribution in [0.15, 0.2) is 46.0 Å². The summed E-state index contributed by atoms with van der Waals surface area (Å²) in [6, 6.07) is 10.3. The highest BCUT2D eigenvalue weighted by atomic mass is 16.5. The second-order valence-corrected chi connectivity index (χ2v) is 7.79. The second-order valence-electron chi connectivity index (χ2n) is 7.79. The highest BCUT2D eigenvalue weighted by Gasteiger charge is 2.19. The number of aryl methyl sites for hydroxylation is 1. The molecule has 0 bridgehead atoms. The zero-order valence-corrected chi connectivity index (χ0v) is 18.5. The number of ether oxygens (including phenoxy) is 2. The van der Waals surface area contributed by atoms with Gasteiger partial charge < -0.3 is 24.5 Å². The zero-order chi connectivity index (χ0) is 21.3. The van der Waals surface area contributed by atoms with Crippen LogP contribution in [0.25, 0.3) is 0 Å². The van der Waals surface area contributed by atoms with Gasteiger partial charge in [0, 0.05) is 25.1 Å². The minimum Gasteiger partial charge on any atom is -0.488 e. The van der Waals surface area contributed by atoms with Gasteiger partial charge >= 0.3 is 0 Å². The molecule has 1 aliphatic heterocycles. The van der Waals surface area contributed by atoms with Crippen molar-refractivity contribution in [1.29, 1.82) is 0 Å². The maximum Gasteiger partial charge on any atom is 0.191 e. The molecule has 7 heteroatoms. The van der Waals surface area contributed by atoms with E-state index in [0.29, 0.717) is 19.7 Å². The predicted octanol–water partition coefficient (Wildman–Crippen LogP) is 3.11. The van der Waals surface area contributed by atoms with Crippen molar-refractivity contribution in [1.82, 2.24) is 15.5 Å². The average Bonchev–Trinajstić information content (AvgIpc) is 3.41. The molecule has 2 atom stereocenters. The number of nitrogens with zero attached hydrogens (tertiary/aromatic N) is 2. The quantitative estimate of drug-likeness (QED) is 0.485. The average molecular weight is 415 g/mol. The van der Waals surface area contributed by atoms with Crippen molar-refractivity contribution >= 4 is 5.96 Å². The molecular formula is C23H34N4O3. The molecule has 2 N–H and O–H groups in total. The van der Waals surface area contributed by atoms with Gasteiger partial charge in [-0.2, -0.15) is 0 Å². The van der Waals surface area contributed by atoms with E-state index in [1.165, 1.54) is 5.56 Å². The number of nitrogens with one attached hydrogen (secondary N) is 2. The van der Waals surface area contributed by atoms with E-state index in [0.717, 1.165) is 42.6 Å². The number of guanidine groups is 1. The highest BCUT2D eigenvalue weighted by Crippen LogP contribution is 2.24. The Bertz CT molecular complexity index is 799. The van der Waals surface area contributed by atoms with Gasteiger partial charge in [0.25, 0.3) is 0 Å². The summed E-state index contributed by atoms with van der Waals surface area (Å²) in [5.74, 6) is 2.59. The first-order valence-electron chi connectivity index (χ1n) is 10.6. The number of hydrogen-bond donors (Lipinski definition) is 2. The minimum atomic E-state index is 0.115. The summed E-state index contributed by atoms with van der Waals surface area (Å²) in [7, 11) is 4.09. The van der Waals surface area contributed by atoms with Gasteiger partial charge in [-0.3, -0.25) is 4.90 Å². The SMILES string of the molecule is CCNC(=NCc1ccc(C)cc1OC1CCOC1)NCC(c1ccco1)N(C)C. The third kappa shape index (κ3) is 6.24. The van der Waals surface area contributed by atoms with Crippen molar-refractivity contribution in [3.8, 4) is 5.75 Å². The summed E-state index contributed by atoms with van der Waals surface area (Å²) in [6.07, 6.45) is 2.76. The fraction of sp³-hybridized carbons (Fsp3) is 0.522. The monoisotopic (exact) mass is 414 g/mol. The number of likely N-dealkylation sites (N-methyl/N-ethyl adjacent to an activating group) is 1. The topological polar surface area (TPSA) is 71.3 Å². The van der Waals surface area contributed by atoms with E-state index in [1.807, 2.05) is 26.2 Å².